The fraction of sp³-hybridized carbons (Fsp3) is 0.350. The van der Waals surface area contributed by atoms with E-state index >= 15 is 0 Å². The lowest BCUT2D eigenvalue weighted by molar-refractivity contribution is 0.0956. The van der Waals surface area contributed by atoms with Crippen LogP contribution in [0.2, 0.25) is 10.0 Å². The van der Waals surface area contributed by atoms with E-state index in [1.807, 2.05) is 24.3 Å². The first-order valence-corrected chi connectivity index (χ1v) is 12.5. The number of nitrogens with zero attached hydrogens (tertiary/aromatic N) is 1. The van der Waals surface area contributed by atoms with Crippen LogP contribution in [0.1, 0.15) is 29.6 Å². The molecule has 1 heterocycles. The van der Waals surface area contributed by atoms with E-state index in [1.54, 1.807) is 11.8 Å². The monoisotopic (exact) mass is 472 g/mol. The average molecular weight is 473 g/mol. The summed E-state index contributed by atoms with van der Waals surface area (Å²) in [4.78, 5) is 13.7. The van der Waals surface area contributed by atoms with Crippen LogP contribution in [-0.4, -0.2) is 44.0 Å². The molecule has 3 rings (SSSR count). The minimum Gasteiger partial charge on any atom is -0.351 e. The SMILES string of the molecule is O=C(NCCSc1ccc(Cl)cc1)c1cc(S(=O)(=O)N2CCCCC2)ccc1Cl. The van der Waals surface area contributed by atoms with Crippen LogP contribution in [-0.2, 0) is 10.0 Å². The van der Waals surface area contributed by atoms with Gasteiger partial charge in [-0.05, 0) is 55.3 Å². The van der Waals surface area contributed by atoms with E-state index in [2.05, 4.69) is 5.32 Å². The van der Waals surface area contributed by atoms with E-state index < -0.39 is 10.0 Å². The fourth-order valence-electron chi connectivity index (χ4n) is 3.05. The van der Waals surface area contributed by atoms with Crippen LogP contribution in [0.5, 0.6) is 0 Å². The van der Waals surface area contributed by atoms with Crippen LogP contribution in [0.3, 0.4) is 0 Å². The number of hydrogen-bond acceptors (Lipinski definition) is 4. The molecular weight excluding hydrogens is 451 g/mol. The average Bonchev–Trinajstić information content (AvgIpc) is 2.73. The lowest BCUT2D eigenvalue weighted by Crippen LogP contribution is -2.35. The van der Waals surface area contributed by atoms with E-state index in [9.17, 15) is 13.2 Å². The molecule has 0 aromatic heterocycles. The predicted octanol–water partition coefficient (Wildman–Crippen LogP) is 4.69. The molecule has 0 unspecified atom stereocenters. The summed E-state index contributed by atoms with van der Waals surface area (Å²) in [5.74, 6) is 0.277. The third-order valence-electron chi connectivity index (χ3n) is 4.61. The second kappa shape index (κ2) is 10.2. The topological polar surface area (TPSA) is 66.5 Å². The third-order valence-corrected chi connectivity index (χ3v) is 8.10. The Labute approximate surface area is 185 Å². The summed E-state index contributed by atoms with van der Waals surface area (Å²) in [5.41, 5.74) is 0.168. The Hall–Kier alpha value is -1.25. The highest BCUT2D eigenvalue weighted by atomic mass is 35.5. The quantitative estimate of drug-likeness (QED) is 0.468. The molecule has 2 aromatic rings. The zero-order valence-corrected chi connectivity index (χ0v) is 18.9. The van der Waals surface area contributed by atoms with Crippen LogP contribution in [0, 0.1) is 0 Å². The van der Waals surface area contributed by atoms with E-state index in [-0.39, 0.29) is 21.4 Å². The summed E-state index contributed by atoms with van der Waals surface area (Å²) in [6, 6.07) is 11.8. The molecule has 1 N–H and O–H groups in total. The molecule has 0 bridgehead atoms. The zero-order chi connectivity index (χ0) is 20.9. The van der Waals surface area contributed by atoms with Gasteiger partial charge in [0, 0.05) is 35.3 Å². The van der Waals surface area contributed by atoms with Crippen molar-refractivity contribution in [1.29, 1.82) is 0 Å². The van der Waals surface area contributed by atoms with Crippen molar-refractivity contribution in [3.05, 3.63) is 58.1 Å². The summed E-state index contributed by atoms with van der Waals surface area (Å²) < 4.78 is 27.2. The van der Waals surface area contributed by atoms with E-state index in [0.717, 1.165) is 24.2 Å². The van der Waals surface area contributed by atoms with E-state index in [1.165, 1.54) is 22.5 Å². The van der Waals surface area contributed by atoms with Gasteiger partial charge < -0.3 is 5.32 Å². The number of piperidine rings is 1. The van der Waals surface area contributed by atoms with Gasteiger partial charge in [0.25, 0.3) is 5.91 Å². The van der Waals surface area contributed by atoms with Crippen molar-refractivity contribution in [2.24, 2.45) is 0 Å². The van der Waals surface area contributed by atoms with Gasteiger partial charge in [0.05, 0.1) is 15.5 Å². The number of carbonyl (C=O) groups excluding carboxylic acids is 1. The number of nitrogens with one attached hydrogen (secondary N) is 1. The number of amides is 1. The largest absolute Gasteiger partial charge is 0.351 e. The Morgan fingerprint density at radius 2 is 1.72 bits per heavy atom. The van der Waals surface area contributed by atoms with Gasteiger partial charge in [-0.3, -0.25) is 4.79 Å². The molecule has 0 atom stereocenters. The molecule has 0 radical (unpaired) electrons. The van der Waals surface area contributed by atoms with Crippen molar-refractivity contribution in [1.82, 2.24) is 9.62 Å². The van der Waals surface area contributed by atoms with Crippen LogP contribution in [0.25, 0.3) is 0 Å². The van der Waals surface area contributed by atoms with Crippen molar-refractivity contribution in [3.8, 4) is 0 Å². The molecule has 2 aromatic carbocycles. The first-order chi connectivity index (χ1) is 13.9. The van der Waals surface area contributed by atoms with Crippen molar-refractivity contribution in [2.75, 3.05) is 25.4 Å². The van der Waals surface area contributed by atoms with Gasteiger partial charge >= 0.3 is 0 Å². The maximum Gasteiger partial charge on any atom is 0.252 e. The van der Waals surface area contributed by atoms with Gasteiger partial charge in [-0.15, -0.1) is 11.8 Å². The van der Waals surface area contributed by atoms with Crippen molar-refractivity contribution < 1.29 is 13.2 Å². The normalized spacial score (nSPS) is 15.2. The molecule has 1 amide bonds. The first kappa shape index (κ1) is 22.4. The molecule has 0 aliphatic carbocycles. The fourth-order valence-corrected chi connectivity index (χ4v) is 5.69. The number of hydrogen-bond donors (Lipinski definition) is 1. The zero-order valence-electron chi connectivity index (χ0n) is 15.7. The van der Waals surface area contributed by atoms with Crippen molar-refractivity contribution in [3.63, 3.8) is 0 Å². The molecule has 1 aliphatic heterocycles. The smallest absolute Gasteiger partial charge is 0.252 e. The van der Waals surface area contributed by atoms with Crippen LogP contribution >= 0.6 is 35.0 Å². The van der Waals surface area contributed by atoms with Crippen LogP contribution in [0.4, 0.5) is 0 Å². The lowest BCUT2D eigenvalue weighted by atomic mass is 10.2. The van der Waals surface area contributed by atoms with Gasteiger partial charge in [0.1, 0.15) is 0 Å². The Bertz CT molecular complexity index is 960. The second-order valence-electron chi connectivity index (χ2n) is 6.66. The number of benzene rings is 2. The minimum absolute atomic E-state index is 0.101. The molecule has 0 spiro atoms. The highest BCUT2D eigenvalue weighted by Crippen LogP contribution is 2.25. The van der Waals surface area contributed by atoms with Crippen LogP contribution < -0.4 is 5.32 Å². The number of rotatable bonds is 7. The summed E-state index contributed by atoms with van der Waals surface area (Å²) in [7, 11) is -3.62. The predicted molar refractivity (Wildman–Crippen MR) is 119 cm³/mol. The first-order valence-electron chi connectivity index (χ1n) is 9.34. The van der Waals surface area contributed by atoms with Crippen molar-refractivity contribution in [2.45, 2.75) is 29.1 Å². The number of halogens is 2. The maximum atomic E-state index is 12.9. The van der Waals surface area contributed by atoms with Gasteiger partial charge in [-0.25, -0.2) is 8.42 Å². The molecule has 0 saturated carbocycles. The molecule has 29 heavy (non-hydrogen) atoms. The third kappa shape index (κ3) is 5.89. The Morgan fingerprint density at radius 1 is 1.03 bits per heavy atom. The number of sulfonamides is 1. The summed E-state index contributed by atoms with van der Waals surface area (Å²) in [5, 5.41) is 3.71. The molecule has 5 nitrogen and oxygen atoms in total. The van der Waals surface area contributed by atoms with E-state index in [0.29, 0.717) is 30.4 Å². The molecule has 1 aliphatic rings. The minimum atomic E-state index is -3.62. The second-order valence-corrected chi connectivity index (χ2v) is 10.6. The van der Waals surface area contributed by atoms with Gasteiger partial charge in [0.15, 0.2) is 0 Å². The van der Waals surface area contributed by atoms with E-state index in [4.69, 9.17) is 23.2 Å². The Kier molecular flexibility index (Phi) is 7.87. The van der Waals surface area contributed by atoms with Gasteiger partial charge in [0.2, 0.25) is 10.0 Å². The Morgan fingerprint density at radius 3 is 2.41 bits per heavy atom. The molecule has 9 heteroatoms. The highest BCUT2D eigenvalue weighted by molar-refractivity contribution is 7.99. The lowest BCUT2D eigenvalue weighted by Gasteiger charge is -2.26. The van der Waals surface area contributed by atoms with Crippen LogP contribution in [0.15, 0.2) is 52.3 Å². The summed E-state index contributed by atoms with van der Waals surface area (Å²) in [6.07, 6.45) is 2.74. The molecule has 156 valence electrons. The summed E-state index contributed by atoms with van der Waals surface area (Å²) in [6.45, 7) is 1.44. The number of carbonyl (C=O) groups is 1. The Balaban J connectivity index is 1.62. The van der Waals surface area contributed by atoms with Crippen molar-refractivity contribution >= 4 is 50.9 Å². The highest BCUT2D eigenvalue weighted by Gasteiger charge is 2.27. The molecule has 1 saturated heterocycles. The van der Waals surface area contributed by atoms with Gasteiger partial charge in [-0.1, -0.05) is 29.6 Å². The number of thioether (sulfide) groups is 1. The molecule has 1 fully saturated rings. The maximum absolute atomic E-state index is 12.9. The summed E-state index contributed by atoms with van der Waals surface area (Å²) >= 11 is 13.6. The van der Waals surface area contributed by atoms with Gasteiger partial charge in [-0.2, -0.15) is 4.31 Å². The molecular formula is C20H22Cl2N2O3S2. The standard InChI is InChI=1S/C20H22Cl2N2O3S2/c21-15-4-6-16(7-5-15)28-13-10-23-20(25)18-14-17(8-9-19(18)22)29(26,27)24-11-2-1-3-12-24/h4-9,14H,1-3,10-13H2,(H,23,25).